The summed E-state index contributed by atoms with van der Waals surface area (Å²) in [5.74, 6) is -0.512. The fraction of sp³-hybridized carbons (Fsp3) is 0.0952. The van der Waals surface area contributed by atoms with Crippen LogP contribution in [0.15, 0.2) is 60.1 Å². The molecule has 8 heteroatoms. The Bertz CT molecular complexity index is 1350. The van der Waals surface area contributed by atoms with E-state index in [1.54, 1.807) is 6.08 Å². The Morgan fingerprint density at radius 3 is 2.72 bits per heavy atom. The molecule has 2 aromatic heterocycles. The second kappa shape index (κ2) is 7.94. The van der Waals surface area contributed by atoms with Crippen LogP contribution >= 0.6 is 34.3 Å². The highest BCUT2D eigenvalue weighted by molar-refractivity contribution is 7.21. The molecule has 0 radical (unpaired) electrons. The molecular formula is C21H16ClN3O2S2. The normalized spacial score (nSPS) is 11.9. The number of carbonyl (C=O) groups excluding carboxylic acids is 2. The van der Waals surface area contributed by atoms with Crippen molar-refractivity contribution in [3.05, 3.63) is 69.8 Å². The van der Waals surface area contributed by atoms with E-state index < -0.39 is 0 Å². The largest absolute Gasteiger partial charge is 0.326 e. The highest BCUT2D eigenvalue weighted by Crippen LogP contribution is 2.35. The quantitative estimate of drug-likeness (QED) is 0.427. The van der Waals surface area contributed by atoms with Gasteiger partial charge in [0.2, 0.25) is 5.91 Å². The molecule has 0 fully saturated rings. The Hall–Kier alpha value is -2.74. The Morgan fingerprint density at radius 1 is 1.21 bits per heavy atom. The van der Waals surface area contributed by atoms with Gasteiger partial charge in [-0.05, 0) is 24.3 Å². The second-order valence-corrected chi connectivity index (χ2v) is 8.75. The average molecular weight is 442 g/mol. The Morgan fingerprint density at radius 2 is 2.00 bits per heavy atom. The summed E-state index contributed by atoms with van der Waals surface area (Å²) in [5, 5.41) is 4.06. The van der Waals surface area contributed by atoms with Gasteiger partial charge in [-0.15, -0.1) is 17.9 Å². The van der Waals surface area contributed by atoms with Crippen LogP contribution < -0.4 is 10.1 Å². The first-order valence-corrected chi connectivity index (χ1v) is 10.8. The van der Waals surface area contributed by atoms with Crippen molar-refractivity contribution >= 4 is 72.1 Å². The van der Waals surface area contributed by atoms with Crippen molar-refractivity contribution in [1.82, 2.24) is 4.57 Å². The van der Waals surface area contributed by atoms with Crippen LogP contribution in [-0.2, 0) is 11.3 Å². The van der Waals surface area contributed by atoms with Gasteiger partial charge in [0.25, 0.3) is 5.91 Å². The first kappa shape index (κ1) is 19.6. The minimum absolute atomic E-state index is 0.139. The van der Waals surface area contributed by atoms with E-state index >= 15 is 0 Å². The maximum atomic E-state index is 12.9. The third-order valence-corrected chi connectivity index (χ3v) is 6.95. The molecule has 0 atom stereocenters. The molecule has 0 saturated heterocycles. The number of aromatic nitrogens is 1. The van der Waals surface area contributed by atoms with Crippen molar-refractivity contribution in [2.75, 3.05) is 5.32 Å². The summed E-state index contributed by atoms with van der Waals surface area (Å²) in [4.78, 5) is 29.6. The standard InChI is InChI=1S/C21H16ClN3O2S2/c1-3-10-25-15-9-8-13(23-12(2)26)11-17(15)29-21(25)24-20(27)19-18(22)14-6-4-5-7-16(14)28-19/h3-9,11H,1,10H2,2H3,(H,23,26). The summed E-state index contributed by atoms with van der Waals surface area (Å²) in [7, 11) is 0. The number of carbonyl (C=O) groups is 2. The summed E-state index contributed by atoms with van der Waals surface area (Å²) in [6, 6.07) is 13.2. The van der Waals surface area contributed by atoms with E-state index in [0.29, 0.717) is 26.9 Å². The summed E-state index contributed by atoms with van der Waals surface area (Å²) < 4.78 is 3.78. The topological polar surface area (TPSA) is 63.5 Å². The summed E-state index contributed by atoms with van der Waals surface area (Å²) >= 11 is 9.15. The maximum absolute atomic E-state index is 12.9. The number of nitrogens with one attached hydrogen (secondary N) is 1. The lowest BCUT2D eigenvalue weighted by molar-refractivity contribution is -0.114. The van der Waals surface area contributed by atoms with Crippen LogP contribution in [0.4, 0.5) is 5.69 Å². The summed E-state index contributed by atoms with van der Waals surface area (Å²) in [5.41, 5.74) is 1.61. The number of anilines is 1. The highest BCUT2D eigenvalue weighted by Gasteiger charge is 2.17. The van der Waals surface area contributed by atoms with Gasteiger partial charge in [-0.2, -0.15) is 4.99 Å². The van der Waals surface area contributed by atoms with Crippen LogP contribution in [0.2, 0.25) is 5.02 Å². The molecule has 0 unspecified atom stereocenters. The van der Waals surface area contributed by atoms with Crippen molar-refractivity contribution in [2.45, 2.75) is 13.5 Å². The van der Waals surface area contributed by atoms with Gasteiger partial charge in [0.05, 0.1) is 15.2 Å². The van der Waals surface area contributed by atoms with Crippen LogP contribution in [0.3, 0.4) is 0 Å². The fourth-order valence-electron chi connectivity index (χ4n) is 3.03. The molecule has 0 saturated carbocycles. The third-order valence-electron chi connectivity index (χ3n) is 4.24. The van der Waals surface area contributed by atoms with Crippen molar-refractivity contribution in [1.29, 1.82) is 0 Å². The molecule has 2 heterocycles. The number of allylic oxidation sites excluding steroid dienone is 1. The zero-order chi connectivity index (χ0) is 20.5. The maximum Gasteiger partial charge on any atom is 0.291 e. The van der Waals surface area contributed by atoms with Crippen molar-refractivity contribution in [3.8, 4) is 0 Å². The number of rotatable bonds is 4. The van der Waals surface area contributed by atoms with Crippen LogP contribution in [-0.4, -0.2) is 16.4 Å². The molecule has 0 aliphatic heterocycles. The minimum atomic E-state index is -0.373. The molecule has 0 bridgehead atoms. The van der Waals surface area contributed by atoms with Crippen LogP contribution in [0.25, 0.3) is 20.3 Å². The van der Waals surface area contributed by atoms with Crippen molar-refractivity contribution in [2.24, 2.45) is 4.99 Å². The lowest BCUT2D eigenvalue weighted by Gasteiger charge is -2.03. The number of hydrogen-bond donors (Lipinski definition) is 1. The van der Waals surface area contributed by atoms with E-state index in [-0.39, 0.29) is 11.8 Å². The first-order valence-electron chi connectivity index (χ1n) is 8.76. The first-order chi connectivity index (χ1) is 14.0. The molecule has 29 heavy (non-hydrogen) atoms. The van der Waals surface area contributed by atoms with E-state index in [1.165, 1.54) is 29.6 Å². The third kappa shape index (κ3) is 3.76. The van der Waals surface area contributed by atoms with E-state index in [4.69, 9.17) is 11.6 Å². The Labute approximate surface area is 179 Å². The number of hydrogen-bond acceptors (Lipinski definition) is 4. The van der Waals surface area contributed by atoms with Gasteiger partial charge in [0.15, 0.2) is 4.80 Å². The van der Waals surface area contributed by atoms with Gasteiger partial charge >= 0.3 is 0 Å². The van der Waals surface area contributed by atoms with Crippen LogP contribution in [0, 0.1) is 0 Å². The zero-order valence-corrected chi connectivity index (χ0v) is 17.8. The van der Waals surface area contributed by atoms with Gasteiger partial charge in [-0.1, -0.05) is 47.2 Å². The number of thiazole rings is 1. The molecule has 2 amide bonds. The number of benzene rings is 2. The molecule has 1 N–H and O–H groups in total. The van der Waals surface area contributed by atoms with Gasteiger partial charge in [0.1, 0.15) is 4.88 Å². The summed E-state index contributed by atoms with van der Waals surface area (Å²) in [6.45, 7) is 5.77. The zero-order valence-electron chi connectivity index (χ0n) is 15.4. The van der Waals surface area contributed by atoms with E-state index in [1.807, 2.05) is 47.0 Å². The second-order valence-electron chi connectivity index (χ2n) is 6.31. The van der Waals surface area contributed by atoms with Gasteiger partial charge in [-0.3, -0.25) is 9.59 Å². The molecule has 4 rings (SSSR count). The number of halogens is 1. The monoisotopic (exact) mass is 441 g/mol. The molecular weight excluding hydrogens is 426 g/mol. The van der Waals surface area contributed by atoms with Crippen molar-refractivity contribution < 1.29 is 9.59 Å². The van der Waals surface area contributed by atoms with Crippen LogP contribution in [0.5, 0.6) is 0 Å². The number of nitrogens with zero attached hydrogens (tertiary/aromatic N) is 2. The lowest BCUT2D eigenvalue weighted by atomic mass is 10.2. The number of fused-ring (bicyclic) bond motifs is 2. The molecule has 0 aliphatic carbocycles. The molecule has 0 spiro atoms. The number of amides is 2. The highest BCUT2D eigenvalue weighted by atomic mass is 35.5. The Balaban J connectivity index is 1.84. The van der Waals surface area contributed by atoms with E-state index in [9.17, 15) is 9.59 Å². The van der Waals surface area contributed by atoms with Gasteiger partial charge < -0.3 is 9.88 Å². The average Bonchev–Trinajstić information content (AvgIpc) is 3.19. The van der Waals surface area contributed by atoms with Gasteiger partial charge in [0, 0.05) is 29.2 Å². The molecule has 4 aromatic rings. The molecule has 0 aliphatic rings. The minimum Gasteiger partial charge on any atom is -0.326 e. The predicted molar refractivity (Wildman–Crippen MR) is 121 cm³/mol. The lowest BCUT2D eigenvalue weighted by Crippen LogP contribution is -2.16. The summed E-state index contributed by atoms with van der Waals surface area (Å²) in [6.07, 6.45) is 1.75. The van der Waals surface area contributed by atoms with Crippen LogP contribution in [0.1, 0.15) is 16.6 Å². The predicted octanol–water partition coefficient (Wildman–Crippen LogP) is 5.46. The smallest absolute Gasteiger partial charge is 0.291 e. The molecule has 146 valence electrons. The molecule has 2 aromatic carbocycles. The van der Waals surface area contributed by atoms with E-state index in [2.05, 4.69) is 16.9 Å². The van der Waals surface area contributed by atoms with Gasteiger partial charge in [-0.25, -0.2) is 0 Å². The van der Waals surface area contributed by atoms with E-state index in [0.717, 1.165) is 20.3 Å². The molecule has 5 nitrogen and oxygen atoms in total. The van der Waals surface area contributed by atoms with Crippen molar-refractivity contribution in [3.63, 3.8) is 0 Å². The number of thiophene rings is 1. The SMILES string of the molecule is C=CCn1c(=NC(=O)c2sc3ccccc3c2Cl)sc2cc(NC(C)=O)ccc21. The fourth-order valence-corrected chi connectivity index (χ4v) is 5.51. The Kier molecular flexibility index (Phi) is 5.36.